The Hall–Kier alpha value is -2.24. The van der Waals surface area contributed by atoms with Crippen LogP contribution in [0.1, 0.15) is 35.1 Å². The Bertz CT molecular complexity index is 577. The molecule has 0 aliphatic rings. The van der Waals surface area contributed by atoms with Crippen molar-refractivity contribution in [2.24, 2.45) is 0 Å². The van der Waals surface area contributed by atoms with E-state index in [2.05, 4.69) is 15.5 Å². The van der Waals surface area contributed by atoms with E-state index in [1.165, 1.54) is 0 Å². The molecule has 1 aromatic heterocycles. The summed E-state index contributed by atoms with van der Waals surface area (Å²) in [6, 6.07) is 4.92. The minimum atomic E-state index is -0.957. The van der Waals surface area contributed by atoms with Gasteiger partial charge in [0, 0.05) is 6.42 Å². The molecule has 0 fully saturated rings. The van der Waals surface area contributed by atoms with E-state index < -0.39 is 5.97 Å². The van der Waals surface area contributed by atoms with Crippen LogP contribution in [0, 0.1) is 6.92 Å². The van der Waals surface area contributed by atoms with Gasteiger partial charge in [-0.25, -0.2) is 4.79 Å². The highest BCUT2D eigenvalue weighted by molar-refractivity contribution is 5.88. The molecular weight excluding hydrogens is 232 g/mol. The molecule has 0 aliphatic carbocycles. The SMILES string of the molecule is CCCc1nnnn1-c1cc(C(=O)O)ccc1C. The van der Waals surface area contributed by atoms with Crippen molar-refractivity contribution in [3.8, 4) is 5.69 Å². The van der Waals surface area contributed by atoms with Crippen molar-refractivity contribution in [1.82, 2.24) is 20.2 Å². The molecule has 6 nitrogen and oxygen atoms in total. The van der Waals surface area contributed by atoms with Crippen LogP contribution in [-0.2, 0) is 6.42 Å². The van der Waals surface area contributed by atoms with E-state index >= 15 is 0 Å². The highest BCUT2D eigenvalue weighted by Crippen LogP contribution is 2.17. The molecule has 0 saturated carbocycles. The first-order valence-electron chi connectivity index (χ1n) is 5.75. The van der Waals surface area contributed by atoms with Crippen LogP contribution in [0.3, 0.4) is 0 Å². The molecule has 0 radical (unpaired) electrons. The van der Waals surface area contributed by atoms with Crippen LogP contribution in [0.5, 0.6) is 0 Å². The van der Waals surface area contributed by atoms with Crippen molar-refractivity contribution in [3.63, 3.8) is 0 Å². The molecule has 2 rings (SSSR count). The van der Waals surface area contributed by atoms with Crippen LogP contribution < -0.4 is 0 Å². The van der Waals surface area contributed by atoms with Crippen LogP contribution in [0.4, 0.5) is 0 Å². The molecule has 2 aromatic rings. The third-order valence-corrected chi connectivity index (χ3v) is 2.69. The number of benzene rings is 1. The molecule has 0 spiro atoms. The quantitative estimate of drug-likeness (QED) is 0.886. The smallest absolute Gasteiger partial charge is 0.335 e. The Balaban J connectivity index is 2.52. The van der Waals surface area contributed by atoms with E-state index in [4.69, 9.17) is 5.11 Å². The Labute approximate surface area is 104 Å². The van der Waals surface area contributed by atoms with E-state index in [1.54, 1.807) is 22.9 Å². The fraction of sp³-hybridized carbons (Fsp3) is 0.333. The van der Waals surface area contributed by atoms with Gasteiger partial charge >= 0.3 is 5.97 Å². The van der Waals surface area contributed by atoms with Gasteiger partial charge in [-0.05, 0) is 41.5 Å². The molecule has 0 bridgehead atoms. The number of hydrogen-bond donors (Lipinski definition) is 1. The predicted octanol–water partition coefficient (Wildman–Crippen LogP) is 1.62. The Kier molecular flexibility index (Phi) is 3.36. The van der Waals surface area contributed by atoms with Gasteiger partial charge in [0.05, 0.1) is 11.3 Å². The monoisotopic (exact) mass is 246 g/mol. The van der Waals surface area contributed by atoms with Crippen molar-refractivity contribution < 1.29 is 9.90 Å². The van der Waals surface area contributed by atoms with Crippen molar-refractivity contribution >= 4 is 5.97 Å². The lowest BCUT2D eigenvalue weighted by molar-refractivity contribution is 0.0697. The van der Waals surface area contributed by atoms with Gasteiger partial charge < -0.3 is 5.11 Å². The second kappa shape index (κ2) is 4.95. The lowest BCUT2D eigenvalue weighted by atomic mass is 10.1. The summed E-state index contributed by atoms with van der Waals surface area (Å²) in [4.78, 5) is 11.0. The van der Waals surface area contributed by atoms with Crippen LogP contribution in [0.2, 0.25) is 0 Å². The first-order chi connectivity index (χ1) is 8.63. The molecule has 18 heavy (non-hydrogen) atoms. The third-order valence-electron chi connectivity index (χ3n) is 2.69. The zero-order valence-corrected chi connectivity index (χ0v) is 10.3. The Morgan fingerprint density at radius 1 is 1.44 bits per heavy atom. The molecule has 1 heterocycles. The maximum absolute atomic E-state index is 11.0. The summed E-state index contributed by atoms with van der Waals surface area (Å²) < 4.78 is 1.60. The summed E-state index contributed by atoms with van der Waals surface area (Å²) in [7, 11) is 0. The van der Waals surface area contributed by atoms with Crippen LogP contribution in [0.15, 0.2) is 18.2 Å². The Morgan fingerprint density at radius 2 is 2.22 bits per heavy atom. The molecule has 6 heteroatoms. The topological polar surface area (TPSA) is 80.9 Å². The first kappa shape index (κ1) is 12.2. The van der Waals surface area contributed by atoms with Gasteiger partial charge in [0.1, 0.15) is 0 Å². The molecular formula is C12H14N4O2. The number of aromatic carboxylic acids is 1. The van der Waals surface area contributed by atoms with Crippen molar-refractivity contribution in [3.05, 3.63) is 35.2 Å². The van der Waals surface area contributed by atoms with E-state index in [0.29, 0.717) is 5.69 Å². The second-order valence-corrected chi connectivity index (χ2v) is 4.06. The highest BCUT2D eigenvalue weighted by atomic mass is 16.4. The molecule has 0 atom stereocenters. The van der Waals surface area contributed by atoms with E-state index in [0.717, 1.165) is 24.2 Å². The number of tetrazole rings is 1. The molecule has 0 aliphatic heterocycles. The van der Waals surface area contributed by atoms with Gasteiger partial charge in [-0.2, -0.15) is 4.68 Å². The summed E-state index contributed by atoms with van der Waals surface area (Å²) in [5, 5.41) is 20.5. The van der Waals surface area contributed by atoms with E-state index in [-0.39, 0.29) is 5.56 Å². The average Bonchev–Trinajstić information content (AvgIpc) is 2.78. The summed E-state index contributed by atoms with van der Waals surface area (Å²) in [6.45, 7) is 3.94. The van der Waals surface area contributed by atoms with E-state index in [9.17, 15) is 4.79 Å². The van der Waals surface area contributed by atoms with Crippen LogP contribution >= 0.6 is 0 Å². The fourth-order valence-electron chi connectivity index (χ4n) is 1.74. The molecule has 0 saturated heterocycles. The van der Waals surface area contributed by atoms with Gasteiger partial charge in [-0.1, -0.05) is 13.0 Å². The van der Waals surface area contributed by atoms with Gasteiger partial charge in [0.25, 0.3) is 0 Å². The third kappa shape index (κ3) is 2.22. The fourth-order valence-corrected chi connectivity index (χ4v) is 1.74. The maximum Gasteiger partial charge on any atom is 0.335 e. The van der Waals surface area contributed by atoms with Crippen LogP contribution in [0.25, 0.3) is 5.69 Å². The molecule has 94 valence electrons. The number of hydrogen-bond acceptors (Lipinski definition) is 4. The summed E-state index contributed by atoms with van der Waals surface area (Å²) in [6.07, 6.45) is 1.68. The standard InChI is InChI=1S/C12H14N4O2/c1-3-4-11-13-14-15-16(11)10-7-9(12(17)18)6-5-8(10)2/h5-7H,3-4H2,1-2H3,(H,17,18). The van der Waals surface area contributed by atoms with Gasteiger partial charge in [0.2, 0.25) is 0 Å². The molecule has 1 N–H and O–H groups in total. The van der Waals surface area contributed by atoms with Crippen molar-refractivity contribution in [1.29, 1.82) is 0 Å². The zero-order valence-electron chi connectivity index (χ0n) is 10.3. The number of carbonyl (C=O) groups is 1. The molecule has 0 unspecified atom stereocenters. The number of carboxylic acid groups (broad SMARTS) is 1. The summed E-state index contributed by atoms with van der Waals surface area (Å²) in [5.41, 5.74) is 1.88. The zero-order chi connectivity index (χ0) is 13.1. The number of carboxylic acids is 1. The normalized spacial score (nSPS) is 10.6. The highest BCUT2D eigenvalue weighted by Gasteiger charge is 2.12. The predicted molar refractivity (Wildman–Crippen MR) is 64.8 cm³/mol. The summed E-state index contributed by atoms with van der Waals surface area (Å²) in [5.74, 6) is -0.218. The molecule has 1 aromatic carbocycles. The maximum atomic E-state index is 11.0. The minimum absolute atomic E-state index is 0.230. The minimum Gasteiger partial charge on any atom is -0.478 e. The number of aryl methyl sites for hydroxylation is 2. The first-order valence-corrected chi connectivity index (χ1v) is 5.75. The average molecular weight is 246 g/mol. The largest absolute Gasteiger partial charge is 0.478 e. The number of rotatable bonds is 4. The van der Waals surface area contributed by atoms with Gasteiger partial charge in [-0.3, -0.25) is 0 Å². The lowest BCUT2D eigenvalue weighted by Crippen LogP contribution is -2.07. The van der Waals surface area contributed by atoms with Crippen molar-refractivity contribution in [2.75, 3.05) is 0 Å². The van der Waals surface area contributed by atoms with Crippen molar-refractivity contribution in [2.45, 2.75) is 26.7 Å². The second-order valence-electron chi connectivity index (χ2n) is 4.06. The Morgan fingerprint density at radius 3 is 2.89 bits per heavy atom. The number of aromatic nitrogens is 4. The lowest BCUT2D eigenvalue weighted by Gasteiger charge is -2.08. The van der Waals surface area contributed by atoms with Gasteiger partial charge in [0.15, 0.2) is 5.82 Å². The van der Waals surface area contributed by atoms with Crippen LogP contribution in [-0.4, -0.2) is 31.3 Å². The summed E-state index contributed by atoms with van der Waals surface area (Å²) >= 11 is 0. The number of nitrogens with zero attached hydrogens (tertiary/aromatic N) is 4. The van der Waals surface area contributed by atoms with Gasteiger partial charge in [-0.15, -0.1) is 5.10 Å². The van der Waals surface area contributed by atoms with E-state index in [1.807, 2.05) is 13.8 Å². The molecule has 0 amide bonds.